The van der Waals surface area contributed by atoms with Crippen LogP contribution < -0.4 is 10.6 Å². The Morgan fingerprint density at radius 1 is 0.944 bits per heavy atom. The lowest BCUT2D eigenvalue weighted by Crippen LogP contribution is -2.25. The van der Waals surface area contributed by atoms with Crippen LogP contribution in [-0.4, -0.2) is 31.8 Å². The number of aryl methyl sites for hydroxylation is 1. The molecule has 1 unspecified atom stereocenters. The van der Waals surface area contributed by atoms with E-state index in [0.717, 1.165) is 16.8 Å². The Hall–Kier alpha value is -3.62. The summed E-state index contributed by atoms with van der Waals surface area (Å²) in [4.78, 5) is 25.3. The van der Waals surface area contributed by atoms with Gasteiger partial charge in [0.1, 0.15) is 0 Å². The van der Waals surface area contributed by atoms with Gasteiger partial charge < -0.3 is 15.2 Å². The van der Waals surface area contributed by atoms with Gasteiger partial charge in [-0.15, -0.1) is 10.2 Å². The first-order valence-corrected chi connectivity index (χ1v) is 12.7. The van der Waals surface area contributed by atoms with E-state index in [4.69, 9.17) is 11.6 Å². The Bertz CT molecular complexity index is 1370. The number of anilines is 2. The van der Waals surface area contributed by atoms with Gasteiger partial charge in [0.05, 0.1) is 15.8 Å². The van der Waals surface area contributed by atoms with Crippen LogP contribution in [0.3, 0.4) is 0 Å². The number of hydrogen-bond acceptors (Lipinski definition) is 5. The van der Waals surface area contributed by atoms with Gasteiger partial charge in [0, 0.05) is 24.0 Å². The number of carbonyl (C=O) groups excluding carboxylic acids is 2. The van der Waals surface area contributed by atoms with Crippen molar-refractivity contribution < 1.29 is 9.59 Å². The summed E-state index contributed by atoms with van der Waals surface area (Å²) in [5.41, 5.74) is 3.79. The number of benzene rings is 3. The van der Waals surface area contributed by atoms with E-state index in [9.17, 15) is 9.59 Å². The molecule has 2 N–H and O–H groups in total. The second-order valence-electron chi connectivity index (χ2n) is 8.25. The van der Waals surface area contributed by atoms with Crippen LogP contribution in [-0.2, 0) is 11.8 Å². The normalized spacial score (nSPS) is 11.7. The molecule has 0 saturated heterocycles. The fourth-order valence-electron chi connectivity index (χ4n) is 3.52. The predicted octanol–water partition coefficient (Wildman–Crippen LogP) is 6.21. The van der Waals surface area contributed by atoms with Gasteiger partial charge in [-0.05, 0) is 61.9 Å². The van der Waals surface area contributed by atoms with Crippen LogP contribution in [0.4, 0.5) is 11.4 Å². The quantitative estimate of drug-likeness (QED) is 0.270. The average molecular weight is 520 g/mol. The van der Waals surface area contributed by atoms with Crippen molar-refractivity contribution in [1.82, 2.24) is 14.8 Å². The van der Waals surface area contributed by atoms with Gasteiger partial charge in [0.15, 0.2) is 11.0 Å². The summed E-state index contributed by atoms with van der Waals surface area (Å²) in [7, 11) is 1.87. The SMILES string of the molecule is CCC(Sc1nnc(-c2ccc(NC(=O)c3ccccc3Cl)cc2)n1C)C(=O)Nc1ccc(C)cc1. The molecule has 1 heterocycles. The zero-order valence-corrected chi connectivity index (χ0v) is 21.7. The maximum Gasteiger partial charge on any atom is 0.257 e. The molecule has 4 aromatic rings. The number of nitrogens with zero attached hydrogens (tertiary/aromatic N) is 3. The van der Waals surface area contributed by atoms with E-state index < -0.39 is 0 Å². The smallest absolute Gasteiger partial charge is 0.257 e. The van der Waals surface area contributed by atoms with Crippen molar-refractivity contribution in [3.05, 3.63) is 88.9 Å². The Morgan fingerprint density at radius 2 is 1.58 bits per heavy atom. The molecule has 9 heteroatoms. The van der Waals surface area contributed by atoms with Gasteiger partial charge >= 0.3 is 0 Å². The molecule has 184 valence electrons. The largest absolute Gasteiger partial charge is 0.325 e. The van der Waals surface area contributed by atoms with E-state index in [1.807, 2.05) is 61.9 Å². The molecule has 0 fully saturated rings. The second kappa shape index (κ2) is 11.4. The molecule has 1 atom stereocenters. The number of rotatable bonds is 8. The number of amides is 2. The summed E-state index contributed by atoms with van der Waals surface area (Å²) in [6, 6.07) is 21.9. The first-order valence-electron chi connectivity index (χ1n) is 11.5. The third-order valence-electron chi connectivity index (χ3n) is 5.58. The van der Waals surface area contributed by atoms with Crippen molar-refractivity contribution in [3.63, 3.8) is 0 Å². The van der Waals surface area contributed by atoms with E-state index >= 15 is 0 Å². The van der Waals surface area contributed by atoms with Crippen LogP contribution >= 0.6 is 23.4 Å². The van der Waals surface area contributed by atoms with Crippen molar-refractivity contribution in [2.24, 2.45) is 7.05 Å². The highest BCUT2D eigenvalue weighted by molar-refractivity contribution is 8.00. The zero-order valence-electron chi connectivity index (χ0n) is 20.2. The molecule has 0 bridgehead atoms. The van der Waals surface area contributed by atoms with E-state index in [2.05, 4.69) is 20.8 Å². The predicted molar refractivity (Wildman–Crippen MR) is 146 cm³/mol. The first-order chi connectivity index (χ1) is 17.4. The van der Waals surface area contributed by atoms with E-state index in [0.29, 0.717) is 33.7 Å². The Kier molecular flexibility index (Phi) is 8.07. The van der Waals surface area contributed by atoms with E-state index in [1.54, 1.807) is 36.4 Å². The highest BCUT2D eigenvalue weighted by Gasteiger charge is 2.22. The van der Waals surface area contributed by atoms with Crippen LogP contribution in [0.5, 0.6) is 0 Å². The molecule has 0 saturated carbocycles. The molecule has 7 nitrogen and oxygen atoms in total. The molecule has 0 aliphatic heterocycles. The van der Waals surface area contributed by atoms with Gasteiger partial charge in [-0.3, -0.25) is 9.59 Å². The summed E-state index contributed by atoms with van der Waals surface area (Å²) in [6.07, 6.45) is 0.643. The third kappa shape index (κ3) is 5.95. The lowest BCUT2D eigenvalue weighted by molar-refractivity contribution is -0.115. The topological polar surface area (TPSA) is 88.9 Å². The minimum Gasteiger partial charge on any atom is -0.325 e. The molecule has 3 aromatic carbocycles. The molecule has 4 rings (SSSR count). The lowest BCUT2D eigenvalue weighted by atomic mass is 10.1. The van der Waals surface area contributed by atoms with Crippen molar-refractivity contribution in [1.29, 1.82) is 0 Å². The van der Waals surface area contributed by atoms with E-state index in [-0.39, 0.29) is 17.1 Å². The van der Waals surface area contributed by atoms with Gasteiger partial charge in [0.25, 0.3) is 5.91 Å². The number of thioether (sulfide) groups is 1. The summed E-state index contributed by atoms with van der Waals surface area (Å²) in [5, 5.41) is 15.2. The number of hydrogen-bond donors (Lipinski definition) is 2. The standard InChI is InChI=1S/C27H26ClN5O2S/c1-4-23(26(35)30-19-13-9-17(2)10-14-19)36-27-32-31-24(33(27)3)18-11-15-20(16-12-18)29-25(34)21-7-5-6-8-22(21)28/h5-16,23H,4H2,1-3H3,(H,29,34)(H,30,35). The molecule has 2 amide bonds. The van der Waals surface area contributed by atoms with E-state index in [1.165, 1.54) is 11.8 Å². The Balaban J connectivity index is 1.43. The molecule has 36 heavy (non-hydrogen) atoms. The molecule has 1 aromatic heterocycles. The van der Waals surface area contributed by atoms with Crippen LogP contribution in [0.25, 0.3) is 11.4 Å². The monoisotopic (exact) mass is 519 g/mol. The molecular formula is C27H26ClN5O2S. The average Bonchev–Trinajstić information content (AvgIpc) is 3.24. The number of aromatic nitrogens is 3. The maximum absolute atomic E-state index is 12.8. The molecule has 0 aliphatic carbocycles. The Morgan fingerprint density at radius 3 is 2.25 bits per heavy atom. The number of nitrogens with one attached hydrogen (secondary N) is 2. The highest BCUT2D eigenvalue weighted by Crippen LogP contribution is 2.29. The fourth-order valence-corrected chi connectivity index (χ4v) is 4.67. The first kappa shape index (κ1) is 25.5. The van der Waals surface area contributed by atoms with Gasteiger partial charge in [-0.2, -0.15) is 0 Å². The summed E-state index contributed by atoms with van der Waals surface area (Å²) < 4.78 is 1.86. The third-order valence-corrected chi connectivity index (χ3v) is 7.31. The summed E-state index contributed by atoms with van der Waals surface area (Å²) in [5.74, 6) is 0.310. The molecule has 0 aliphatic rings. The number of carbonyl (C=O) groups is 2. The minimum absolute atomic E-state index is 0.0745. The van der Waals surface area contributed by atoms with Crippen molar-refractivity contribution in [2.75, 3.05) is 10.6 Å². The minimum atomic E-state index is -0.315. The van der Waals surface area contributed by atoms with Gasteiger partial charge in [0.2, 0.25) is 5.91 Å². The summed E-state index contributed by atoms with van der Waals surface area (Å²) >= 11 is 7.50. The van der Waals surface area contributed by atoms with Crippen molar-refractivity contribution >= 4 is 46.6 Å². The van der Waals surface area contributed by atoms with Crippen LogP contribution in [0.1, 0.15) is 29.3 Å². The lowest BCUT2D eigenvalue weighted by Gasteiger charge is -2.14. The van der Waals surface area contributed by atoms with Crippen molar-refractivity contribution in [3.8, 4) is 11.4 Å². The van der Waals surface area contributed by atoms with Crippen molar-refractivity contribution in [2.45, 2.75) is 30.7 Å². The Labute approximate surface area is 219 Å². The second-order valence-corrected chi connectivity index (χ2v) is 9.82. The van der Waals surface area contributed by atoms with Gasteiger partial charge in [-0.25, -0.2) is 0 Å². The molecule has 0 radical (unpaired) electrons. The van der Waals surface area contributed by atoms with Crippen LogP contribution in [0.15, 0.2) is 78.0 Å². The molecular weight excluding hydrogens is 494 g/mol. The maximum atomic E-state index is 12.8. The number of halogens is 1. The van der Waals surface area contributed by atoms with Crippen LogP contribution in [0, 0.1) is 6.92 Å². The highest BCUT2D eigenvalue weighted by atomic mass is 35.5. The summed E-state index contributed by atoms with van der Waals surface area (Å²) in [6.45, 7) is 3.98. The van der Waals surface area contributed by atoms with Crippen LogP contribution in [0.2, 0.25) is 5.02 Å². The van der Waals surface area contributed by atoms with Gasteiger partial charge in [-0.1, -0.05) is 60.1 Å². The fraction of sp³-hybridized carbons (Fsp3) is 0.185. The molecule has 0 spiro atoms. The zero-order chi connectivity index (χ0) is 25.7.